The maximum atomic E-state index is 13.3. The summed E-state index contributed by atoms with van der Waals surface area (Å²) in [5, 5.41) is 2.82. The lowest BCUT2D eigenvalue weighted by Crippen LogP contribution is -2.39. The Morgan fingerprint density at radius 2 is 2.00 bits per heavy atom. The highest BCUT2D eigenvalue weighted by atomic mass is 32.2. The zero-order valence-electron chi connectivity index (χ0n) is 12.1. The predicted octanol–water partition coefficient (Wildman–Crippen LogP) is 3.05. The molecular formula is C15H21F2NO2S. The van der Waals surface area contributed by atoms with Crippen molar-refractivity contribution in [3.8, 4) is 0 Å². The molecule has 0 saturated heterocycles. The van der Waals surface area contributed by atoms with Crippen LogP contribution < -0.4 is 5.32 Å². The zero-order chi connectivity index (χ0) is 15.5. The van der Waals surface area contributed by atoms with Crippen LogP contribution in [-0.2, 0) is 9.84 Å². The molecule has 118 valence electrons. The Morgan fingerprint density at radius 3 is 2.67 bits per heavy atom. The van der Waals surface area contributed by atoms with Crippen LogP contribution in [0.3, 0.4) is 0 Å². The smallest absolute Gasteiger partial charge is 0.181 e. The Hall–Kier alpha value is -1.01. The van der Waals surface area contributed by atoms with E-state index in [1.807, 2.05) is 0 Å². The van der Waals surface area contributed by atoms with E-state index in [4.69, 9.17) is 0 Å². The predicted molar refractivity (Wildman–Crippen MR) is 77.9 cm³/mol. The maximum Gasteiger partial charge on any atom is 0.181 e. The minimum atomic E-state index is -3.61. The Bertz CT molecular complexity index is 589. The van der Waals surface area contributed by atoms with Crippen LogP contribution in [0.4, 0.5) is 8.78 Å². The summed E-state index contributed by atoms with van der Waals surface area (Å²) in [6, 6.07) is 2.99. The number of hydrogen-bond acceptors (Lipinski definition) is 3. The summed E-state index contributed by atoms with van der Waals surface area (Å²) < 4.78 is 51.3. The van der Waals surface area contributed by atoms with E-state index in [1.54, 1.807) is 0 Å². The van der Waals surface area contributed by atoms with Gasteiger partial charge in [-0.15, -0.1) is 0 Å². The fourth-order valence-corrected chi connectivity index (χ4v) is 4.68. The van der Waals surface area contributed by atoms with E-state index < -0.39 is 26.7 Å². The van der Waals surface area contributed by atoms with E-state index in [0.717, 1.165) is 44.0 Å². The Labute approximate surface area is 124 Å². The number of benzene rings is 1. The summed E-state index contributed by atoms with van der Waals surface area (Å²) in [7, 11) is -3.61. The van der Waals surface area contributed by atoms with Gasteiger partial charge in [0.1, 0.15) is 0 Å². The van der Waals surface area contributed by atoms with Crippen LogP contribution >= 0.6 is 0 Å². The summed E-state index contributed by atoms with van der Waals surface area (Å²) in [5.74, 6) is -2.15. The second-order valence-corrected chi connectivity index (χ2v) is 7.79. The molecule has 0 heterocycles. The first-order valence-corrected chi connectivity index (χ1v) is 8.92. The average molecular weight is 317 g/mol. The van der Waals surface area contributed by atoms with Crippen molar-refractivity contribution >= 4 is 9.84 Å². The van der Waals surface area contributed by atoms with Gasteiger partial charge in [0, 0.05) is 6.04 Å². The van der Waals surface area contributed by atoms with Crippen LogP contribution in [0, 0.1) is 11.6 Å². The van der Waals surface area contributed by atoms with Gasteiger partial charge in [0.2, 0.25) is 0 Å². The highest BCUT2D eigenvalue weighted by Gasteiger charge is 2.33. The molecule has 1 aromatic carbocycles. The lowest BCUT2D eigenvalue weighted by Gasteiger charge is -2.29. The second kappa shape index (κ2) is 6.83. The first-order valence-electron chi connectivity index (χ1n) is 7.37. The molecule has 1 aromatic rings. The van der Waals surface area contributed by atoms with E-state index in [0.29, 0.717) is 12.8 Å². The molecule has 1 N–H and O–H groups in total. The van der Waals surface area contributed by atoms with E-state index in [2.05, 4.69) is 12.2 Å². The van der Waals surface area contributed by atoms with Gasteiger partial charge >= 0.3 is 0 Å². The Morgan fingerprint density at radius 1 is 1.24 bits per heavy atom. The molecule has 1 aliphatic rings. The molecule has 0 spiro atoms. The lowest BCUT2D eigenvalue weighted by molar-refractivity contribution is 0.372. The molecule has 0 amide bonds. The number of sulfone groups is 1. The third-order valence-corrected chi connectivity index (χ3v) is 6.18. The SMILES string of the molecule is CCCNC1CCCC(S(=O)(=O)c2ccc(F)c(F)c2)C1. The van der Waals surface area contributed by atoms with Crippen LogP contribution in [0.1, 0.15) is 39.0 Å². The van der Waals surface area contributed by atoms with Gasteiger partial charge in [-0.2, -0.15) is 0 Å². The van der Waals surface area contributed by atoms with Crippen molar-refractivity contribution < 1.29 is 17.2 Å². The number of halogens is 2. The molecule has 1 saturated carbocycles. The molecule has 1 fully saturated rings. The van der Waals surface area contributed by atoms with Crippen molar-refractivity contribution in [1.29, 1.82) is 0 Å². The van der Waals surface area contributed by atoms with Crippen LogP contribution in [0.2, 0.25) is 0 Å². The molecule has 1 aliphatic carbocycles. The van der Waals surface area contributed by atoms with Crippen LogP contribution in [0.25, 0.3) is 0 Å². The van der Waals surface area contributed by atoms with Gasteiger partial charge in [0.15, 0.2) is 21.5 Å². The maximum absolute atomic E-state index is 13.3. The Kier molecular flexibility index (Phi) is 5.32. The van der Waals surface area contributed by atoms with Gasteiger partial charge in [-0.1, -0.05) is 13.3 Å². The second-order valence-electron chi connectivity index (χ2n) is 5.56. The highest BCUT2D eigenvalue weighted by molar-refractivity contribution is 7.92. The Balaban J connectivity index is 2.16. The normalized spacial score (nSPS) is 23.2. The summed E-state index contributed by atoms with van der Waals surface area (Å²) in [4.78, 5) is -0.123. The van der Waals surface area contributed by atoms with E-state index in [-0.39, 0.29) is 10.9 Å². The number of rotatable bonds is 5. The number of hydrogen-bond donors (Lipinski definition) is 1. The largest absolute Gasteiger partial charge is 0.314 e. The van der Waals surface area contributed by atoms with Crippen molar-refractivity contribution in [2.75, 3.05) is 6.54 Å². The van der Waals surface area contributed by atoms with E-state index in [9.17, 15) is 17.2 Å². The molecule has 0 aromatic heterocycles. The van der Waals surface area contributed by atoms with Crippen molar-refractivity contribution in [3.63, 3.8) is 0 Å². The summed E-state index contributed by atoms with van der Waals surface area (Å²) in [6.07, 6.45) is 3.89. The number of nitrogens with one attached hydrogen (secondary N) is 1. The monoisotopic (exact) mass is 317 g/mol. The molecule has 21 heavy (non-hydrogen) atoms. The first kappa shape index (κ1) is 16.4. The van der Waals surface area contributed by atoms with Crippen LogP contribution in [0.5, 0.6) is 0 Å². The van der Waals surface area contributed by atoms with Gasteiger partial charge in [0.05, 0.1) is 10.1 Å². The molecule has 3 nitrogen and oxygen atoms in total. The standard InChI is InChI=1S/C15H21F2NO2S/c1-2-8-18-11-4-3-5-12(9-11)21(19,20)13-6-7-14(16)15(17)10-13/h6-7,10-12,18H,2-5,8-9H2,1H3. The lowest BCUT2D eigenvalue weighted by atomic mass is 9.95. The highest BCUT2D eigenvalue weighted by Crippen LogP contribution is 2.29. The quantitative estimate of drug-likeness (QED) is 0.849. The van der Waals surface area contributed by atoms with Crippen LogP contribution in [0.15, 0.2) is 23.1 Å². The van der Waals surface area contributed by atoms with Gasteiger partial charge in [0.25, 0.3) is 0 Å². The fraction of sp³-hybridized carbons (Fsp3) is 0.600. The van der Waals surface area contributed by atoms with E-state index >= 15 is 0 Å². The summed E-state index contributed by atoms with van der Waals surface area (Å²) in [5.41, 5.74) is 0. The molecule has 2 unspecified atom stereocenters. The molecule has 0 aliphatic heterocycles. The van der Waals surface area contributed by atoms with Crippen molar-refractivity contribution in [3.05, 3.63) is 29.8 Å². The molecule has 2 rings (SSSR count). The molecule has 6 heteroatoms. The molecule has 0 radical (unpaired) electrons. The van der Waals surface area contributed by atoms with Gasteiger partial charge in [-0.05, 0) is 50.4 Å². The third kappa shape index (κ3) is 3.80. The fourth-order valence-electron chi connectivity index (χ4n) is 2.81. The third-order valence-electron chi connectivity index (χ3n) is 3.97. The van der Waals surface area contributed by atoms with Gasteiger partial charge in [-0.25, -0.2) is 17.2 Å². The molecular weight excluding hydrogens is 296 g/mol. The van der Waals surface area contributed by atoms with Gasteiger partial charge in [-0.3, -0.25) is 0 Å². The minimum absolute atomic E-state index is 0.123. The van der Waals surface area contributed by atoms with E-state index in [1.165, 1.54) is 0 Å². The van der Waals surface area contributed by atoms with Crippen molar-refractivity contribution in [2.24, 2.45) is 0 Å². The van der Waals surface area contributed by atoms with Crippen molar-refractivity contribution in [2.45, 2.75) is 55.2 Å². The van der Waals surface area contributed by atoms with Gasteiger partial charge < -0.3 is 5.32 Å². The topological polar surface area (TPSA) is 46.2 Å². The van der Waals surface area contributed by atoms with Crippen LogP contribution in [-0.4, -0.2) is 26.3 Å². The molecule has 2 atom stereocenters. The zero-order valence-corrected chi connectivity index (χ0v) is 12.9. The average Bonchev–Trinajstić information content (AvgIpc) is 2.48. The molecule has 0 bridgehead atoms. The minimum Gasteiger partial charge on any atom is -0.314 e. The summed E-state index contributed by atoms with van der Waals surface area (Å²) in [6.45, 7) is 2.92. The first-order chi connectivity index (χ1) is 9.95. The summed E-state index contributed by atoms with van der Waals surface area (Å²) >= 11 is 0. The van der Waals surface area contributed by atoms with Crippen molar-refractivity contribution in [1.82, 2.24) is 5.32 Å².